The molecule has 0 radical (unpaired) electrons. The highest BCUT2D eigenvalue weighted by Gasteiger charge is 2.26. The molecule has 6 nitrogen and oxygen atoms in total. The number of amides is 1. The Morgan fingerprint density at radius 2 is 1.87 bits per heavy atom. The third-order valence-corrected chi connectivity index (χ3v) is 6.71. The van der Waals surface area contributed by atoms with Crippen LogP contribution in [0, 0.1) is 5.92 Å². The number of carbonyl (C=O) groups excluding carboxylic acids is 1. The first kappa shape index (κ1) is 18.8. The van der Waals surface area contributed by atoms with E-state index in [1.165, 1.54) is 11.3 Å². The normalized spacial score (nSPS) is 15.0. The number of hydrogen-bond donors (Lipinski definition) is 1. The van der Waals surface area contributed by atoms with Gasteiger partial charge in [0.15, 0.2) is 0 Å². The molecule has 4 aromatic rings. The SMILES string of the molecule is O=C(c1cccc2ccccc12)N1CCC(Cc2n[nH]c(=O)n2-c2cccs2)CC1. The van der Waals surface area contributed by atoms with E-state index in [2.05, 4.69) is 10.2 Å². The van der Waals surface area contributed by atoms with E-state index in [9.17, 15) is 9.59 Å². The minimum atomic E-state index is -0.198. The summed E-state index contributed by atoms with van der Waals surface area (Å²) in [5, 5.41) is 11.8. The molecule has 1 amide bonds. The van der Waals surface area contributed by atoms with E-state index >= 15 is 0 Å². The summed E-state index contributed by atoms with van der Waals surface area (Å²) in [6, 6.07) is 17.8. The number of likely N-dealkylation sites (tertiary alicyclic amines) is 1. The van der Waals surface area contributed by atoms with Gasteiger partial charge in [-0.25, -0.2) is 14.5 Å². The first-order chi connectivity index (χ1) is 14.7. The van der Waals surface area contributed by atoms with Gasteiger partial charge < -0.3 is 4.90 Å². The van der Waals surface area contributed by atoms with Crippen LogP contribution in [0.2, 0.25) is 0 Å². The molecule has 3 heterocycles. The number of rotatable bonds is 4. The molecule has 1 saturated heterocycles. The molecule has 1 aliphatic rings. The smallest absolute Gasteiger partial charge is 0.339 e. The van der Waals surface area contributed by atoms with Gasteiger partial charge in [0.05, 0.1) is 0 Å². The number of hydrogen-bond acceptors (Lipinski definition) is 4. The van der Waals surface area contributed by atoms with Crippen molar-refractivity contribution in [3.63, 3.8) is 0 Å². The summed E-state index contributed by atoms with van der Waals surface area (Å²) in [7, 11) is 0. The largest absolute Gasteiger partial charge is 0.348 e. The number of aromatic nitrogens is 3. The van der Waals surface area contributed by atoms with Crippen molar-refractivity contribution in [1.82, 2.24) is 19.7 Å². The first-order valence-electron chi connectivity index (χ1n) is 10.2. The number of H-pyrrole nitrogens is 1. The summed E-state index contributed by atoms with van der Waals surface area (Å²) in [4.78, 5) is 27.3. The van der Waals surface area contributed by atoms with Crippen molar-refractivity contribution in [3.05, 3.63) is 81.8 Å². The van der Waals surface area contributed by atoms with E-state index in [1.54, 1.807) is 4.57 Å². The average Bonchev–Trinajstić information content (AvgIpc) is 3.43. The Bertz CT molecular complexity index is 1230. The van der Waals surface area contributed by atoms with Crippen LogP contribution in [-0.4, -0.2) is 38.7 Å². The zero-order valence-electron chi connectivity index (χ0n) is 16.5. The van der Waals surface area contributed by atoms with E-state index in [0.717, 1.165) is 59.5 Å². The molecular weight excluding hydrogens is 396 g/mol. The predicted molar refractivity (Wildman–Crippen MR) is 118 cm³/mol. The van der Waals surface area contributed by atoms with Gasteiger partial charge in [-0.15, -0.1) is 11.3 Å². The lowest BCUT2D eigenvalue weighted by atomic mass is 9.92. The number of benzene rings is 2. The molecule has 0 bridgehead atoms. The Morgan fingerprint density at radius 3 is 2.67 bits per heavy atom. The fourth-order valence-electron chi connectivity index (χ4n) is 4.27. The van der Waals surface area contributed by atoms with E-state index in [4.69, 9.17) is 0 Å². The summed E-state index contributed by atoms with van der Waals surface area (Å²) in [5.74, 6) is 1.26. The zero-order valence-corrected chi connectivity index (χ0v) is 17.3. The molecule has 0 atom stereocenters. The lowest BCUT2D eigenvalue weighted by molar-refractivity contribution is 0.0691. The van der Waals surface area contributed by atoms with Crippen LogP contribution in [0.5, 0.6) is 0 Å². The van der Waals surface area contributed by atoms with E-state index < -0.39 is 0 Å². The van der Waals surface area contributed by atoms with Crippen molar-refractivity contribution < 1.29 is 4.79 Å². The summed E-state index contributed by atoms with van der Waals surface area (Å²) in [6.07, 6.45) is 2.54. The van der Waals surface area contributed by atoms with Gasteiger partial charge in [-0.2, -0.15) is 5.10 Å². The van der Waals surface area contributed by atoms with Crippen LogP contribution >= 0.6 is 11.3 Å². The Hall–Kier alpha value is -3.19. The summed E-state index contributed by atoms with van der Waals surface area (Å²) in [5.41, 5.74) is 0.571. The van der Waals surface area contributed by atoms with Crippen LogP contribution in [0.3, 0.4) is 0 Å². The number of fused-ring (bicyclic) bond motifs is 1. The molecule has 0 saturated carbocycles. The molecule has 1 fully saturated rings. The lowest BCUT2D eigenvalue weighted by Crippen LogP contribution is -2.39. The summed E-state index contributed by atoms with van der Waals surface area (Å²) in [6.45, 7) is 1.45. The maximum Gasteiger partial charge on any atom is 0.348 e. The van der Waals surface area contributed by atoms with Gasteiger partial charge in [-0.3, -0.25) is 4.79 Å². The lowest BCUT2D eigenvalue weighted by Gasteiger charge is -2.32. The number of nitrogens with one attached hydrogen (secondary N) is 1. The zero-order chi connectivity index (χ0) is 20.5. The fourth-order valence-corrected chi connectivity index (χ4v) is 5.02. The van der Waals surface area contributed by atoms with Crippen molar-refractivity contribution in [2.24, 2.45) is 5.92 Å². The second-order valence-electron chi connectivity index (χ2n) is 7.70. The third-order valence-electron chi connectivity index (χ3n) is 5.86. The molecule has 2 aromatic carbocycles. The third kappa shape index (κ3) is 3.45. The number of carbonyl (C=O) groups is 1. The average molecular weight is 419 g/mol. The second-order valence-corrected chi connectivity index (χ2v) is 8.62. The van der Waals surface area contributed by atoms with Crippen molar-refractivity contribution in [3.8, 4) is 5.00 Å². The monoisotopic (exact) mass is 418 g/mol. The minimum absolute atomic E-state index is 0.0977. The molecule has 0 spiro atoms. The van der Waals surface area contributed by atoms with Crippen molar-refractivity contribution in [1.29, 1.82) is 0 Å². The maximum atomic E-state index is 13.2. The number of thiophene rings is 1. The molecule has 152 valence electrons. The highest BCUT2D eigenvalue weighted by atomic mass is 32.1. The first-order valence-corrected chi connectivity index (χ1v) is 11.1. The van der Waals surface area contributed by atoms with Gasteiger partial charge in [0, 0.05) is 25.1 Å². The molecule has 30 heavy (non-hydrogen) atoms. The maximum absolute atomic E-state index is 13.2. The van der Waals surface area contributed by atoms with Gasteiger partial charge in [-0.1, -0.05) is 36.4 Å². The molecule has 1 N–H and O–H groups in total. The van der Waals surface area contributed by atoms with Gasteiger partial charge in [0.2, 0.25) is 0 Å². The molecule has 0 aliphatic carbocycles. The van der Waals surface area contributed by atoms with Crippen LogP contribution in [0.25, 0.3) is 15.8 Å². The van der Waals surface area contributed by atoms with E-state index in [-0.39, 0.29) is 11.6 Å². The summed E-state index contributed by atoms with van der Waals surface area (Å²) < 4.78 is 1.66. The Balaban J connectivity index is 1.28. The van der Waals surface area contributed by atoms with Gasteiger partial charge in [0.1, 0.15) is 10.8 Å². The summed E-state index contributed by atoms with van der Waals surface area (Å²) >= 11 is 1.52. The molecule has 7 heteroatoms. The van der Waals surface area contributed by atoms with Crippen LogP contribution < -0.4 is 5.69 Å². The molecule has 1 aliphatic heterocycles. The molecular formula is C23H22N4O2S. The topological polar surface area (TPSA) is 71.0 Å². The van der Waals surface area contributed by atoms with Crippen molar-refractivity contribution in [2.45, 2.75) is 19.3 Å². The van der Waals surface area contributed by atoms with Crippen molar-refractivity contribution in [2.75, 3.05) is 13.1 Å². The standard InChI is InChI=1S/C23H22N4O2S/c28-22(19-8-3-6-17-5-1-2-7-18(17)19)26-12-10-16(11-13-26)15-20-24-25-23(29)27(20)21-9-4-14-30-21/h1-9,14,16H,10-13,15H2,(H,25,29). The Labute approximate surface area is 177 Å². The van der Waals surface area contributed by atoms with Gasteiger partial charge >= 0.3 is 5.69 Å². The quantitative estimate of drug-likeness (QED) is 0.547. The van der Waals surface area contributed by atoms with Crippen LogP contribution in [0.4, 0.5) is 0 Å². The molecule has 2 aromatic heterocycles. The number of nitrogens with zero attached hydrogens (tertiary/aromatic N) is 3. The Morgan fingerprint density at radius 1 is 1.07 bits per heavy atom. The molecule has 0 unspecified atom stereocenters. The second kappa shape index (κ2) is 7.91. The fraction of sp³-hybridized carbons (Fsp3) is 0.261. The van der Waals surface area contributed by atoms with Crippen molar-refractivity contribution >= 4 is 28.0 Å². The highest BCUT2D eigenvalue weighted by molar-refractivity contribution is 7.12. The van der Waals surface area contributed by atoms with E-state index in [0.29, 0.717) is 5.92 Å². The van der Waals surface area contributed by atoms with E-state index in [1.807, 2.05) is 64.9 Å². The Kier molecular flexibility index (Phi) is 4.96. The van der Waals surface area contributed by atoms with Crippen LogP contribution in [0.1, 0.15) is 29.0 Å². The predicted octanol–water partition coefficient (Wildman–Crippen LogP) is 3.87. The molecule has 5 rings (SSSR count). The van der Waals surface area contributed by atoms with Crippen LogP contribution in [0.15, 0.2) is 64.8 Å². The number of aromatic amines is 1. The van der Waals surface area contributed by atoms with Crippen LogP contribution in [-0.2, 0) is 6.42 Å². The minimum Gasteiger partial charge on any atom is -0.339 e. The highest BCUT2D eigenvalue weighted by Crippen LogP contribution is 2.26. The number of piperidine rings is 1. The van der Waals surface area contributed by atoms with Gasteiger partial charge in [0.25, 0.3) is 5.91 Å². The van der Waals surface area contributed by atoms with Gasteiger partial charge in [-0.05, 0) is 53.1 Å².